The minimum Gasteiger partial charge on any atom is -0.497 e. The molecule has 0 amide bonds. The Morgan fingerprint density at radius 1 is 0.933 bits per heavy atom. The second-order valence-corrected chi connectivity index (χ2v) is 8.15. The van der Waals surface area contributed by atoms with Crippen molar-refractivity contribution in [1.29, 1.82) is 0 Å². The fourth-order valence-electron chi connectivity index (χ4n) is 2.74. The molecule has 0 aliphatic heterocycles. The van der Waals surface area contributed by atoms with Crippen molar-refractivity contribution in [3.8, 4) is 17.2 Å². The highest BCUT2D eigenvalue weighted by Gasteiger charge is 2.12. The second-order valence-electron chi connectivity index (χ2n) is 6.38. The van der Waals surface area contributed by atoms with E-state index in [1.807, 2.05) is 36.4 Å². The number of hydrogen-bond acceptors (Lipinski definition) is 4. The smallest absolute Gasteiger partial charge is 0.185 e. The maximum Gasteiger partial charge on any atom is 0.185 e. The van der Waals surface area contributed by atoms with Gasteiger partial charge in [0.1, 0.15) is 12.4 Å². The number of allylic oxidation sites excluding steroid dienone is 1. The van der Waals surface area contributed by atoms with E-state index in [2.05, 4.69) is 31.9 Å². The lowest BCUT2D eigenvalue weighted by atomic mass is 10.1. The first-order valence-corrected chi connectivity index (χ1v) is 10.7. The topological polar surface area (TPSA) is 44.8 Å². The fourth-order valence-corrected chi connectivity index (χ4v) is 3.57. The zero-order chi connectivity index (χ0) is 21.5. The maximum atomic E-state index is 12.4. The fraction of sp³-hybridized carbons (Fsp3) is 0.125. The van der Waals surface area contributed by atoms with E-state index in [1.54, 1.807) is 44.6 Å². The molecule has 3 aromatic rings. The molecule has 0 atom stereocenters. The Labute approximate surface area is 192 Å². The van der Waals surface area contributed by atoms with Crippen LogP contribution in [0.1, 0.15) is 21.5 Å². The molecule has 0 aliphatic rings. The molecule has 0 radical (unpaired) electrons. The van der Waals surface area contributed by atoms with Gasteiger partial charge in [-0.05, 0) is 81.7 Å². The number of carbonyl (C=O) groups excluding carboxylic acids is 1. The van der Waals surface area contributed by atoms with Gasteiger partial charge in [0.25, 0.3) is 0 Å². The van der Waals surface area contributed by atoms with E-state index in [0.29, 0.717) is 29.4 Å². The van der Waals surface area contributed by atoms with Crippen LogP contribution in [-0.4, -0.2) is 20.0 Å². The van der Waals surface area contributed by atoms with Crippen molar-refractivity contribution in [1.82, 2.24) is 0 Å². The molecule has 0 spiro atoms. The average Bonchev–Trinajstić information content (AvgIpc) is 2.77. The Kier molecular flexibility index (Phi) is 7.71. The van der Waals surface area contributed by atoms with Crippen molar-refractivity contribution in [3.63, 3.8) is 0 Å². The Hall–Kier alpha value is -2.57. The molecular weight excluding hydrogens is 512 g/mol. The molecular formula is C24H20Br2O4. The predicted octanol–water partition coefficient (Wildman–Crippen LogP) is 6.70. The number of benzene rings is 3. The summed E-state index contributed by atoms with van der Waals surface area (Å²) >= 11 is 6.97. The van der Waals surface area contributed by atoms with Gasteiger partial charge in [0.2, 0.25) is 0 Å². The van der Waals surface area contributed by atoms with Gasteiger partial charge < -0.3 is 14.2 Å². The highest BCUT2D eigenvalue weighted by atomic mass is 79.9. The van der Waals surface area contributed by atoms with Crippen LogP contribution < -0.4 is 14.2 Å². The quantitative estimate of drug-likeness (QED) is 0.239. The molecule has 0 fully saturated rings. The second kappa shape index (κ2) is 10.5. The van der Waals surface area contributed by atoms with E-state index in [4.69, 9.17) is 14.2 Å². The highest BCUT2D eigenvalue weighted by Crippen LogP contribution is 2.37. The summed E-state index contributed by atoms with van der Waals surface area (Å²) in [6, 6.07) is 18.6. The lowest BCUT2D eigenvalue weighted by Crippen LogP contribution is -1.99. The largest absolute Gasteiger partial charge is 0.497 e. The van der Waals surface area contributed by atoms with E-state index in [-0.39, 0.29) is 5.78 Å². The third-order valence-electron chi connectivity index (χ3n) is 4.35. The van der Waals surface area contributed by atoms with Gasteiger partial charge in [0.15, 0.2) is 17.3 Å². The van der Waals surface area contributed by atoms with Gasteiger partial charge in [0, 0.05) is 10.0 Å². The Morgan fingerprint density at radius 3 is 2.27 bits per heavy atom. The van der Waals surface area contributed by atoms with E-state index in [1.165, 1.54) is 6.08 Å². The maximum absolute atomic E-state index is 12.4. The van der Waals surface area contributed by atoms with Crippen molar-refractivity contribution in [3.05, 3.63) is 92.4 Å². The SMILES string of the molecule is COc1ccc(C(=O)/C=C/c2cc(Br)c(OCc3ccc(Br)cc3)c(OC)c2)cc1. The van der Waals surface area contributed by atoms with E-state index < -0.39 is 0 Å². The summed E-state index contributed by atoms with van der Waals surface area (Å²) in [5.41, 5.74) is 2.45. The molecule has 0 N–H and O–H groups in total. The van der Waals surface area contributed by atoms with Crippen molar-refractivity contribution in [2.45, 2.75) is 6.61 Å². The van der Waals surface area contributed by atoms with Gasteiger partial charge in [-0.1, -0.05) is 34.1 Å². The normalized spacial score (nSPS) is 10.8. The number of rotatable bonds is 8. The first-order chi connectivity index (χ1) is 14.5. The van der Waals surface area contributed by atoms with Crippen LogP contribution in [0.3, 0.4) is 0 Å². The molecule has 0 aliphatic carbocycles. The van der Waals surface area contributed by atoms with Gasteiger partial charge in [-0.15, -0.1) is 0 Å². The molecule has 154 valence electrons. The molecule has 4 nitrogen and oxygen atoms in total. The van der Waals surface area contributed by atoms with Crippen LogP contribution in [0.5, 0.6) is 17.2 Å². The minimum absolute atomic E-state index is 0.0942. The Bertz CT molecular complexity index is 1040. The van der Waals surface area contributed by atoms with Crippen LogP contribution in [0, 0.1) is 0 Å². The molecule has 0 heterocycles. The number of hydrogen-bond donors (Lipinski definition) is 0. The van der Waals surface area contributed by atoms with E-state index >= 15 is 0 Å². The summed E-state index contributed by atoms with van der Waals surface area (Å²) in [5.74, 6) is 1.81. The first-order valence-electron chi connectivity index (χ1n) is 9.11. The van der Waals surface area contributed by atoms with Crippen LogP contribution in [-0.2, 0) is 6.61 Å². The van der Waals surface area contributed by atoms with E-state index in [0.717, 1.165) is 20.1 Å². The molecule has 30 heavy (non-hydrogen) atoms. The number of ether oxygens (including phenoxy) is 3. The summed E-state index contributed by atoms with van der Waals surface area (Å²) in [6.07, 6.45) is 3.28. The molecule has 0 unspecified atom stereocenters. The summed E-state index contributed by atoms with van der Waals surface area (Å²) in [5, 5.41) is 0. The van der Waals surface area contributed by atoms with Crippen molar-refractivity contribution in [2.24, 2.45) is 0 Å². The number of methoxy groups -OCH3 is 2. The summed E-state index contributed by atoms with van der Waals surface area (Å²) in [7, 11) is 3.18. The van der Waals surface area contributed by atoms with Crippen molar-refractivity contribution < 1.29 is 19.0 Å². The van der Waals surface area contributed by atoms with E-state index in [9.17, 15) is 4.79 Å². The molecule has 6 heteroatoms. The predicted molar refractivity (Wildman–Crippen MR) is 126 cm³/mol. The molecule has 0 saturated carbocycles. The monoisotopic (exact) mass is 530 g/mol. The number of carbonyl (C=O) groups is 1. The molecule has 3 aromatic carbocycles. The Balaban J connectivity index is 1.74. The molecule has 3 rings (SSSR count). The minimum atomic E-state index is -0.0942. The highest BCUT2D eigenvalue weighted by molar-refractivity contribution is 9.10. The number of ketones is 1. The standard InChI is InChI=1S/C24H20Br2O4/c1-28-20-10-6-18(7-11-20)22(27)12-5-17-13-21(26)24(23(14-17)29-2)30-15-16-3-8-19(25)9-4-16/h3-14H,15H2,1-2H3/b12-5+. The van der Waals surface area contributed by atoms with Gasteiger partial charge in [-0.25, -0.2) is 0 Å². The third kappa shape index (κ3) is 5.74. The molecule has 0 aromatic heterocycles. The molecule has 0 saturated heterocycles. The van der Waals surface area contributed by atoms with Crippen molar-refractivity contribution >= 4 is 43.7 Å². The first kappa shape index (κ1) is 22.1. The molecule has 0 bridgehead atoms. The third-order valence-corrected chi connectivity index (χ3v) is 5.47. The van der Waals surface area contributed by atoms with Crippen molar-refractivity contribution in [2.75, 3.05) is 14.2 Å². The average molecular weight is 532 g/mol. The van der Waals surface area contributed by atoms with Crippen LogP contribution in [0.25, 0.3) is 6.08 Å². The van der Waals surface area contributed by atoms with Crippen LogP contribution in [0.2, 0.25) is 0 Å². The summed E-state index contributed by atoms with van der Waals surface area (Å²) in [4.78, 5) is 12.4. The summed E-state index contributed by atoms with van der Waals surface area (Å²) < 4.78 is 18.3. The van der Waals surface area contributed by atoms with Crippen LogP contribution in [0.4, 0.5) is 0 Å². The Morgan fingerprint density at radius 2 is 1.63 bits per heavy atom. The lowest BCUT2D eigenvalue weighted by Gasteiger charge is -2.13. The van der Waals surface area contributed by atoms with Gasteiger partial charge in [0.05, 0.1) is 18.7 Å². The van der Waals surface area contributed by atoms with Gasteiger partial charge in [-0.2, -0.15) is 0 Å². The summed E-state index contributed by atoms with van der Waals surface area (Å²) in [6.45, 7) is 0.410. The number of halogens is 2. The van der Waals surface area contributed by atoms with Crippen LogP contribution in [0.15, 0.2) is 75.7 Å². The van der Waals surface area contributed by atoms with Gasteiger partial charge in [-0.3, -0.25) is 4.79 Å². The zero-order valence-corrected chi connectivity index (χ0v) is 19.7. The van der Waals surface area contributed by atoms with Gasteiger partial charge >= 0.3 is 0 Å². The van der Waals surface area contributed by atoms with Crippen LogP contribution >= 0.6 is 31.9 Å². The lowest BCUT2D eigenvalue weighted by molar-refractivity contribution is 0.104. The zero-order valence-electron chi connectivity index (χ0n) is 16.5.